The molecule has 1 aliphatic heterocycles. The monoisotopic (exact) mass is 547 g/mol. The molecule has 8 N–H and O–H groups in total. The Bertz CT molecular complexity index is 1130. The van der Waals surface area contributed by atoms with E-state index in [9.17, 15) is 24.9 Å². The number of methoxy groups -OCH3 is 2. The summed E-state index contributed by atoms with van der Waals surface area (Å²) >= 11 is 0. The fourth-order valence-electron chi connectivity index (χ4n) is 4.63. The summed E-state index contributed by atoms with van der Waals surface area (Å²) in [6.07, 6.45) is 2.90. The van der Waals surface area contributed by atoms with E-state index in [1.165, 1.54) is 26.4 Å². The summed E-state index contributed by atoms with van der Waals surface area (Å²) in [5.74, 6) is -1.63. The molecule has 1 heterocycles. The van der Waals surface area contributed by atoms with Crippen LogP contribution in [-0.4, -0.2) is 66.0 Å². The molecule has 0 spiro atoms. The smallest absolute Gasteiger partial charge is 0.405 e. The van der Waals surface area contributed by atoms with Gasteiger partial charge in [0.1, 0.15) is 17.6 Å². The van der Waals surface area contributed by atoms with Crippen LogP contribution in [0.3, 0.4) is 0 Å². The number of hydrogen-bond donors (Lipinski definition) is 6. The van der Waals surface area contributed by atoms with Gasteiger partial charge in [0.25, 0.3) is 5.91 Å². The SMILES string of the molecule is CO[C@@H]1/C=C/C=C(\C)C(=O)Nc2cc(O)c(N)c(c2O)C[C@@H](C)C[C@@H](OC)[C@@H](O)[C@@H](C)/C=C(\C)[C@@H]1OC(N)=O. The van der Waals surface area contributed by atoms with Crippen molar-refractivity contribution < 1.29 is 39.1 Å². The predicted octanol–water partition coefficient (Wildman–Crippen LogP) is 3.14. The number of nitrogen functional groups attached to an aromatic ring is 1. The topological polar surface area (TPSA) is 187 Å². The number of aliphatic hydroxyl groups is 1. The number of aliphatic hydroxyl groups excluding tert-OH is 1. The van der Waals surface area contributed by atoms with Crippen molar-refractivity contribution in [3.8, 4) is 11.5 Å². The van der Waals surface area contributed by atoms with Crippen LogP contribution in [0.1, 0.15) is 39.7 Å². The van der Waals surface area contributed by atoms with Crippen LogP contribution >= 0.6 is 0 Å². The minimum absolute atomic E-state index is 0.00464. The average molecular weight is 548 g/mol. The Balaban J connectivity index is 2.62. The number of nitrogens with one attached hydrogen (secondary N) is 1. The van der Waals surface area contributed by atoms with Gasteiger partial charge in [-0.15, -0.1) is 0 Å². The lowest BCUT2D eigenvalue weighted by molar-refractivity contribution is -0.112. The number of hydrogen-bond acceptors (Lipinski definition) is 9. The summed E-state index contributed by atoms with van der Waals surface area (Å²) < 4.78 is 16.5. The number of fused-ring (bicyclic) bond motifs is 2. The molecule has 11 nitrogen and oxygen atoms in total. The highest BCUT2D eigenvalue weighted by Gasteiger charge is 2.30. The largest absolute Gasteiger partial charge is 0.506 e. The summed E-state index contributed by atoms with van der Waals surface area (Å²) in [5, 5.41) is 35.0. The van der Waals surface area contributed by atoms with E-state index in [0.29, 0.717) is 12.0 Å². The van der Waals surface area contributed by atoms with Crippen molar-refractivity contribution in [1.29, 1.82) is 0 Å². The lowest BCUT2D eigenvalue weighted by Crippen LogP contribution is -2.37. The summed E-state index contributed by atoms with van der Waals surface area (Å²) in [6.45, 7) is 7.01. The summed E-state index contributed by atoms with van der Waals surface area (Å²) in [4.78, 5) is 24.5. The molecule has 0 radical (unpaired) electrons. The molecule has 0 fully saturated rings. The van der Waals surface area contributed by atoms with Crippen LogP contribution < -0.4 is 16.8 Å². The van der Waals surface area contributed by atoms with Gasteiger partial charge in [-0.2, -0.15) is 0 Å². The molecule has 11 heteroatoms. The molecule has 0 saturated carbocycles. The van der Waals surface area contributed by atoms with Crippen LogP contribution in [0.2, 0.25) is 0 Å². The van der Waals surface area contributed by atoms with E-state index in [-0.39, 0.29) is 46.3 Å². The first kappa shape index (κ1) is 31.7. The molecule has 2 rings (SSSR count). The van der Waals surface area contributed by atoms with Crippen LogP contribution in [0, 0.1) is 11.8 Å². The van der Waals surface area contributed by atoms with Gasteiger partial charge >= 0.3 is 6.09 Å². The molecule has 0 aromatic heterocycles. The van der Waals surface area contributed by atoms with Crippen LogP contribution in [0.15, 0.2) is 41.5 Å². The quantitative estimate of drug-likeness (QED) is 0.143. The Hall–Kier alpha value is -3.54. The average Bonchev–Trinajstić information content (AvgIpc) is 2.88. The molecule has 2 bridgehead atoms. The lowest BCUT2D eigenvalue weighted by atomic mass is 9.87. The number of primary amides is 1. The zero-order valence-corrected chi connectivity index (χ0v) is 23.3. The van der Waals surface area contributed by atoms with Gasteiger partial charge in [0.15, 0.2) is 6.10 Å². The van der Waals surface area contributed by atoms with Gasteiger partial charge in [-0.25, -0.2) is 4.79 Å². The fourth-order valence-corrected chi connectivity index (χ4v) is 4.63. The van der Waals surface area contributed by atoms with Crippen LogP contribution in [0.4, 0.5) is 16.2 Å². The van der Waals surface area contributed by atoms with E-state index in [1.807, 2.05) is 6.92 Å². The molecule has 0 saturated heterocycles. The molecule has 1 aromatic carbocycles. The van der Waals surface area contributed by atoms with Crippen LogP contribution in [0.5, 0.6) is 11.5 Å². The van der Waals surface area contributed by atoms with Crippen molar-refractivity contribution in [1.82, 2.24) is 0 Å². The number of nitrogens with two attached hydrogens (primary N) is 2. The predicted molar refractivity (Wildman–Crippen MR) is 148 cm³/mol. The third-order valence-electron chi connectivity index (χ3n) is 6.87. The van der Waals surface area contributed by atoms with Crippen LogP contribution in [-0.2, 0) is 25.4 Å². The molecule has 1 aromatic rings. The van der Waals surface area contributed by atoms with E-state index in [1.54, 1.807) is 39.0 Å². The Morgan fingerprint density at radius 3 is 2.41 bits per heavy atom. The zero-order valence-electron chi connectivity index (χ0n) is 23.3. The van der Waals surface area contributed by atoms with E-state index in [4.69, 9.17) is 25.7 Å². The van der Waals surface area contributed by atoms with Gasteiger partial charge in [0, 0.05) is 37.3 Å². The Morgan fingerprint density at radius 1 is 1.15 bits per heavy atom. The van der Waals surface area contributed by atoms with E-state index in [2.05, 4.69) is 5.32 Å². The first-order valence-corrected chi connectivity index (χ1v) is 12.7. The number of benzene rings is 1. The maximum Gasteiger partial charge on any atom is 0.405 e. The van der Waals surface area contributed by atoms with Gasteiger partial charge in [0.2, 0.25) is 0 Å². The first-order valence-electron chi connectivity index (χ1n) is 12.7. The standard InChI is InChI=1S/C28H41N3O8/c1-14-10-18-23(29)20(32)13-19(25(18)34)31-27(35)15(2)8-7-9-21(37-5)26(39-28(30)36)17(4)12-16(3)24(33)22(11-14)38-6/h7-9,12-14,16,21-22,24,26,32-34H,10-11,29H2,1-6H3,(H2,30,36)(H,31,35)/b9-7+,15-8+,17-12+/t14-,16+,21-,22-,24+,26+/m1/s1. The number of phenolic OH excluding ortho intramolecular Hbond substituents is 2. The number of carbonyl (C=O) groups is 2. The molecule has 0 aliphatic carbocycles. The molecule has 1 aliphatic rings. The normalized spacial score (nSPS) is 30.8. The maximum atomic E-state index is 12.8. The molecule has 6 atom stereocenters. The van der Waals surface area contributed by atoms with Gasteiger partial charge in [-0.05, 0) is 38.2 Å². The second kappa shape index (κ2) is 14.0. The maximum absolute atomic E-state index is 12.8. The number of aromatic hydroxyl groups is 2. The van der Waals surface area contributed by atoms with Crippen LogP contribution in [0.25, 0.3) is 0 Å². The molecule has 0 unspecified atom stereocenters. The first-order chi connectivity index (χ1) is 18.3. The fraction of sp³-hybridized carbons (Fsp3) is 0.500. The highest BCUT2D eigenvalue weighted by molar-refractivity contribution is 6.04. The molecule has 216 valence electrons. The van der Waals surface area contributed by atoms with Crippen molar-refractivity contribution in [2.75, 3.05) is 25.3 Å². The van der Waals surface area contributed by atoms with E-state index < -0.39 is 42.3 Å². The van der Waals surface area contributed by atoms with Crippen molar-refractivity contribution in [2.24, 2.45) is 17.6 Å². The number of phenols is 2. The minimum atomic E-state index is -0.992. The number of carbonyl (C=O) groups excluding carboxylic acids is 2. The summed E-state index contributed by atoms with van der Waals surface area (Å²) in [5.41, 5.74) is 12.6. The highest BCUT2D eigenvalue weighted by Crippen LogP contribution is 2.40. The Labute approximate surface area is 229 Å². The van der Waals surface area contributed by atoms with Crippen molar-refractivity contribution in [3.05, 3.63) is 47.1 Å². The van der Waals surface area contributed by atoms with Crippen molar-refractivity contribution in [3.63, 3.8) is 0 Å². The lowest BCUT2D eigenvalue weighted by Gasteiger charge is -2.29. The van der Waals surface area contributed by atoms with Gasteiger partial charge in [-0.3, -0.25) is 4.79 Å². The number of ether oxygens (including phenoxy) is 3. The van der Waals surface area contributed by atoms with Crippen molar-refractivity contribution in [2.45, 2.75) is 65.0 Å². The molecular weight excluding hydrogens is 506 g/mol. The van der Waals surface area contributed by atoms with E-state index in [0.717, 1.165) is 0 Å². The Kier molecular flexibility index (Phi) is 11.4. The summed E-state index contributed by atoms with van der Waals surface area (Å²) in [6, 6.07) is 1.19. The second-order valence-corrected chi connectivity index (χ2v) is 10.0. The van der Waals surface area contributed by atoms with Gasteiger partial charge in [0.05, 0.1) is 23.6 Å². The number of allylic oxidation sites excluding steroid dienone is 2. The number of amides is 2. The van der Waals surface area contributed by atoms with Crippen molar-refractivity contribution >= 4 is 23.4 Å². The molecule has 39 heavy (non-hydrogen) atoms. The molecular formula is C28H41N3O8. The number of anilines is 2. The highest BCUT2D eigenvalue weighted by atomic mass is 16.6. The minimum Gasteiger partial charge on any atom is -0.506 e. The van der Waals surface area contributed by atoms with E-state index >= 15 is 0 Å². The Morgan fingerprint density at radius 2 is 1.82 bits per heavy atom. The number of rotatable bonds is 3. The second-order valence-electron chi connectivity index (χ2n) is 10.0. The van der Waals surface area contributed by atoms with Gasteiger partial charge < -0.3 is 46.3 Å². The third-order valence-corrected chi connectivity index (χ3v) is 6.87. The molecule has 2 amide bonds. The van der Waals surface area contributed by atoms with Gasteiger partial charge in [-0.1, -0.05) is 38.2 Å². The summed E-state index contributed by atoms with van der Waals surface area (Å²) in [7, 11) is 2.93. The third kappa shape index (κ3) is 8.22. The zero-order chi connectivity index (χ0) is 29.4.